The van der Waals surface area contributed by atoms with Crippen LogP contribution in [0.25, 0.3) is 0 Å². The molecule has 1 atom stereocenters. The molecule has 1 fully saturated rings. The highest BCUT2D eigenvalue weighted by molar-refractivity contribution is 5.85. The molecule has 1 aliphatic rings. The molecule has 1 aromatic carbocycles. The van der Waals surface area contributed by atoms with Crippen molar-refractivity contribution >= 4 is 24.0 Å². The topological polar surface area (TPSA) is 89.5 Å². The van der Waals surface area contributed by atoms with Crippen LogP contribution in [0.5, 0.6) is 0 Å². The van der Waals surface area contributed by atoms with E-state index in [1.54, 1.807) is 23.1 Å². The molecule has 1 heterocycles. The number of benzene rings is 1. The first-order valence-electron chi connectivity index (χ1n) is 6.33. The summed E-state index contributed by atoms with van der Waals surface area (Å²) in [4.78, 5) is 24.3. The second-order valence-electron chi connectivity index (χ2n) is 4.80. The van der Waals surface area contributed by atoms with Crippen molar-refractivity contribution in [3.8, 4) is 0 Å². The molecular formula is C13H18ClN3O3. The molecular weight excluding hydrogens is 282 g/mol. The number of likely N-dealkylation sites (tertiary alicyclic amines) is 1. The Labute approximate surface area is 123 Å². The van der Waals surface area contributed by atoms with Crippen molar-refractivity contribution in [3.63, 3.8) is 0 Å². The van der Waals surface area contributed by atoms with Crippen LogP contribution < -0.4 is 5.73 Å². The number of amides is 1. The van der Waals surface area contributed by atoms with E-state index in [1.165, 1.54) is 6.07 Å². The van der Waals surface area contributed by atoms with Gasteiger partial charge >= 0.3 is 0 Å². The Morgan fingerprint density at radius 3 is 2.80 bits per heavy atom. The lowest BCUT2D eigenvalue weighted by Crippen LogP contribution is -2.46. The van der Waals surface area contributed by atoms with E-state index in [-0.39, 0.29) is 36.5 Å². The van der Waals surface area contributed by atoms with Crippen molar-refractivity contribution in [1.82, 2.24) is 4.90 Å². The van der Waals surface area contributed by atoms with Crippen molar-refractivity contribution in [2.75, 3.05) is 13.1 Å². The summed E-state index contributed by atoms with van der Waals surface area (Å²) in [6, 6.07) is 6.37. The minimum Gasteiger partial charge on any atom is -0.341 e. The summed E-state index contributed by atoms with van der Waals surface area (Å²) in [6.45, 7) is 1.23. The Balaban J connectivity index is 0.00000200. The van der Waals surface area contributed by atoms with E-state index in [0.717, 1.165) is 12.8 Å². The lowest BCUT2D eigenvalue weighted by Gasteiger charge is -2.30. The molecule has 0 spiro atoms. The van der Waals surface area contributed by atoms with Crippen LogP contribution in [-0.2, 0) is 11.2 Å². The van der Waals surface area contributed by atoms with Gasteiger partial charge in [0.25, 0.3) is 5.69 Å². The Morgan fingerprint density at radius 1 is 1.45 bits per heavy atom. The smallest absolute Gasteiger partial charge is 0.273 e. The fourth-order valence-electron chi connectivity index (χ4n) is 2.35. The van der Waals surface area contributed by atoms with Crippen LogP contribution in [0.3, 0.4) is 0 Å². The number of nitro benzene ring substituents is 1. The zero-order valence-corrected chi connectivity index (χ0v) is 11.8. The minimum atomic E-state index is -0.454. The van der Waals surface area contributed by atoms with E-state index < -0.39 is 4.92 Å². The zero-order valence-electron chi connectivity index (χ0n) is 11.0. The summed E-state index contributed by atoms with van der Waals surface area (Å²) >= 11 is 0. The molecule has 7 heteroatoms. The van der Waals surface area contributed by atoms with Gasteiger partial charge in [0.1, 0.15) is 0 Å². The van der Waals surface area contributed by atoms with Gasteiger partial charge in [0.2, 0.25) is 5.91 Å². The molecule has 0 aromatic heterocycles. The highest BCUT2D eigenvalue weighted by atomic mass is 35.5. The Morgan fingerprint density at radius 2 is 2.15 bits per heavy atom. The van der Waals surface area contributed by atoms with Crippen LogP contribution in [0, 0.1) is 10.1 Å². The molecule has 0 unspecified atom stereocenters. The second kappa shape index (κ2) is 7.21. The predicted molar refractivity (Wildman–Crippen MR) is 77.8 cm³/mol. The van der Waals surface area contributed by atoms with Crippen molar-refractivity contribution in [3.05, 3.63) is 39.9 Å². The largest absolute Gasteiger partial charge is 0.341 e. The molecule has 1 aromatic rings. The number of carbonyl (C=O) groups is 1. The van der Waals surface area contributed by atoms with Gasteiger partial charge in [0, 0.05) is 30.8 Å². The SMILES string of the molecule is Cl.N[C@@H]1CCCN(C(=O)Cc2ccccc2[N+](=O)[O-])C1. The van der Waals surface area contributed by atoms with Gasteiger partial charge in [-0.1, -0.05) is 18.2 Å². The first-order chi connectivity index (χ1) is 9.08. The molecule has 2 N–H and O–H groups in total. The predicted octanol–water partition coefficient (Wildman–Crippen LogP) is 1.51. The summed E-state index contributed by atoms with van der Waals surface area (Å²) in [5.74, 6) is -0.0931. The maximum atomic E-state index is 12.1. The molecule has 1 aliphatic heterocycles. The second-order valence-corrected chi connectivity index (χ2v) is 4.80. The van der Waals surface area contributed by atoms with Gasteiger partial charge in [-0.25, -0.2) is 0 Å². The number of hydrogen-bond acceptors (Lipinski definition) is 4. The highest BCUT2D eigenvalue weighted by Gasteiger charge is 2.23. The molecule has 110 valence electrons. The molecule has 0 radical (unpaired) electrons. The van der Waals surface area contributed by atoms with E-state index in [9.17, 15) is 14.9 Å². The highest BCUT2D eigenvalue weighted by Crippen LogP contribution is 2.19. The molecule has 1 saturated heterocycles. The van der Waals surface area contributed by atoms with Gasteiger partial charge in [-0.05, 0) is 12.8 Å². The number of nitro groups is 1. The summed E-state index contributed by atoms with van der Waals surface area (Å²) < 4.78 is 0. The number of piperidine rings is 1. The monoisotopic (exact) mass is 299 g/mol. The first kappa shape index (κ1) is 16.4. The number of rotatable bonds is 3. The fourth-order valence-corrected chi connectivity index (χ4v) is 2.35. The zero-order chi connectivity index (χ0) is 13.8. The van der Waals surface area contributed by atoms with Crippen LogP contribution in [0.1, 0.15) is 18.4 Å². The van der Waals surface area contributed by atoms with Crippen LogP contribution in [0.15, 0.2) is 24.3 Å². The van der Waals surface area contributed by atoms with Gasteiger partial charge in [-0.3, -0.25) is 14.9 Å². The van der Waals surface area contributed by atoms with Gasteiger partial charge in [-0.15, -0.1) is 12.4 Å². The summed E-state index contributed by atoms with van der Waals surface area (Å²) in [6.07, 6.45) is 1.88. The molecule has 1 amide bonds. The van der Waals surface area contributed by atoms with E-state index in [1.807, 2.05) is 0 Å². The number of nitrogens with two attached hydrogens (primary N) is 1. The maximum Gasteiger partial charge on any atom is 0.273 e. The summed E-state index contributed by atoms with van der Waals surface area (Å²) in [7, 11) is 0. The van der Waals surface area contributed by atoms with Crippen LogP contribution >= 0.6 is 12.4 Å². The standard InChI is InChI=1S/C13H17N3O3.ClH/c14-11-5-3-7-15(9-11)13(17)8-10-4-1-2-6-12(10)16(18)19;/h1-2,4,6,11H,3,5,7-9,14H2;1H/t11-;/m1./s1. The Kier molecular flexibility index (Phi) is 5.91. The molecule has 20 heavy (non-hydrogen) atoms. The summed E-state index contributed by atoms with van der Waals surface area (Å²) in [5, 5.41) is 10.9. The van der Waals surface area contributed by atoms with Gasteiger partial charge in [-0.2, -0.15) is 0 Å². The fraction of sp³-hybridized carbons (Fsp3) is 0.462. The van der Waals surface area contributed by atoms with E-state index >= 15 is 0 Å². The number of carbonyl (C=O) groups excluding carboxylic acids is 1. The van der Waals surface area contributed by atoms with Crippen LogP contribution in [0.2, 0.25) is 0 Å². The maximum absolute atomic E-state index is 12.1. The number of halogens is 1. The Bertz CT molecular complexity index is 496. The third-order valence-corrected chi connectivity index (χ3v) is 3.34. The van der Waals surface area contributed by atoms with Crippen LogP contribution in [-0.4, -0.2) is 34.9 Å². The van der Waals surface area contributed by atoms with Gasteiger partial charge in [0.05, 0.1) is 11.3 Å². The average molecular weight is 300 g/mol. The lowest BCUT2D eigenvalue weighted by molar-refractivity contribution is -0.385. The van der Waals surface area contributed by atoms with E-state index in [2.05, 4.69) is 0 Å². The molecule has 6 nitrogen and oxygen atoms in total. The van der Waals surface area contributed by atoms with E-state index in [4.69, 9.17) is 5.73 Å². The van der Waals surface area contributed by atoms with Crippen molar-refractivity contribution in [2.45, 2.75) is 25.3 Å². The minimum absolute atomic E-state index is 0. The number of para-hydroxylation sites is 1. The first-order valence-corrected chi connectivity index (χ1v) is 6.33. The molecule has 0 aliphatic carbocycles. The molecule has 0 bridgehead atoms. The molecule has 2 rings (SSSR count). The quantitative estimate of drug-likeness (QED) is 0.676. The van der Waals surface area contributed by atoms with Gasteiger partial charge in [0.15, 0.2) is 0 Å². The van der Waals surface area contributed by atoms with Crippen molar-refractivity contribution in [1.29, 1.82) is 0 Å². The number of hydrogen-bond donors (Lipinski definition) is 1. The summed E-state index contributed by atoms with van der Waals surface area (Å²) in [5.41, 5.74) is 6.28. The third kappa shape index (κ3) is 3.91. The normalized spacial score (nSPS) is 18.2. The van der Waals surface area contributed by atoms with Crippen LogP contribution in [0.4, 0.5) is 5.69 Å². The lowest BCUT2D eigenvalue weighted by atomic mass is 10.0. The van der Waals surface area contributed by atoms with Crippen molar-refractivity contribution in [2.24, 2.45) is 5.73 Å². The average Bonchev–Trinajstić information content (AvgIpc) is 2.39. The van der Waals surface area contributed by atoms with Crippen molar-refractivity contribution < 1.29 is 9.72 Å². The third-order valence-electron chi connectivity index (χ3n) is 3.34. The van der Waals surface area contributed by atoms with E-state index in [0.29, 0.717) is 18.7 Å². The number of nitrogens with zero attached hydrogens (tertiary/aromatic N) is 2. The van der Waals surface area contributed by atoms with Gasteiger partial charge < -0.3 is 10.6 Å². The Hall–Kier alpha value is -1.66. The molecule has 0 saturated carbocycles.